The first-order valence-corrected chi connectivity index (χ1v) is 16.9. The minimum atomic E-state index is -2.54. The molecule has 0 N–H and O–H groups in total. The molecule has 0 heterocycles. The number of hydrogen-bond donors (Lipinski definition) is 0. The topological polar surface area (TPSA) is 18.5 Å². The average Bonchev–Trinajstić information content (AvgIpc) is 2.60. The van der Waals surface area contributed by atoms with Gasteiger partial charge in [0.25, 0.3) is 0 Å². The van der Waals surface area contributed by atoms with E-state index in [1.807, 2.05) is 14.2 Å². The van der Waals surface area contributed by atoms with Gasteiger partial charge >= 0.3 is 148 Å². The van der Waals surface area contributed by atoms with Gasteiger partial charge < -0.3 is 0 Å². The third kappa shape index (κ3) is 5.58. The van der Waals surface area contributed by atoms with E-state index in [-0.39, 0.29) is 0 Å². The van der Waals surface area contributed by atoms with Crippen molar-refractivity contribution in [3.8, 4) is 11.5 Å². The Morgan fingerprint density at radius 2 is 1.13 bits per heavy atom. The van der Waals surface area contributed by atoms with Gasteiger partial charge in [-0.3, -0.25) is 0 Å². The van der Waals surface area contributed by atoms with Crippen molar-refractivity contribution in [3.05, 3.63) is 18.2 Å². The third-order valence-electron chi connectivity index (χ3n) is 4.98. The second-order valence-corrected chi connectivity index (χ2v) is 19.6. The third-order valence-corrected chi connectivity index (χ3v) is 20.6. The molecule has 0 aromatic heterocycles. The van der Waals surface area contributed by atoms with Crippen LogP contribution in [0.3, 0.4) is 0 Å². The summed E-state index contributed by atoms with van der Waals surface area (Å²) in [5.74, 6) is 2.17. The number of hydrogen-bond acceptors (Lipinski definition) is 2. The van der Waals surface area contributed by atoms with Crippen molar-refractivity contribution in [1.29, 1.82) is 0 Å². The Bertz CT molecular complexity index is 401. The van der Waals surface area contributed by atoms with Gasteiger partial charge in [0.2, 0.25) is 0 Å². The number of rotatable bonds is 12. The van der Waals surface area contributed by atoms with Gasteiger partial charge in [-0.1, -0.05) is 0 Å². The Morgan fingerprint density at radius 3 is 1.43 bits per heavy atom. The van der Waals surface area contributed by atoms with Crippen LogP contribution in [0.25, 0.3) is 0 Å². The molecule has 0 saturated heterocycles. The standard InChI is InChI=1S/C8H9O2.3C4H9.Sn/c1-9-7-4-3-5-8(6-7)10-2;3*1-3-4-2;/h3-5H,1-2H3;3*1,3-4H2,2H3;. The summed E-state index contributed by atoms with van der Waals surface area (Å²) >= 11 is -2.54. The SMILES string of the molecule is CCC[CH2][Sn]([CH2]CCC)([CH2]CCC)[c]1c(OC)cccc1OC. The Kier molecular flexibility index (Phi) is 10.1. The molecule has 1 aromatic rings. The first-order chi connectivity index (χ1) is 11.2. The van der Waals surface area contributed by atoms with Crippen molar-refractivity contribution in [1.82, 2.24) is 0 Å². The van der Waals surface area contributed by atoms with Crippen LogP contribution in [0.15, 0.2) is 18.2 Å². The van der Waals surface area contributed by atoms with Crippen LogP contribution in [-0.4, -0.2) is 32.6 Å². The quantitative estimate of drug-likeness (QED) is 0.395. The van der Waals surface area contributed by atoms with E-state index >= 15 is 0 Å². The molecule has 0 spiro atoms. The van der Waals surface area contributed by atoms with Crippen molar-refractivity contribution < 1.29 is 9.47 Å². The van der Waals surface area contributed by atoms with Gasteiger partial charge in [-0.25, -0.2) is 0 Å². The molecule has 23 heavy (non-hydrogen) atoms. The Balaban J connectivity index is 3.39. The summed E-state index contributed by atoms with van der Waals surface area (Å²) in [4.78, 5) is 0. The van der Waals surface area contributed by atoms with Gasteiger partial charge in [0, 0.05) is 0 Å². The molecular weight excluding hydrogens is 391 g/mol. The van der Waals surface area contributed by atoms with Gasteiger partial charge in [-0.15, -0.1) is 0 Å². The molecule has 0 aliphatic carbocycles. The maximum absolute atomic E-state index is 5.81. The van der Waals surface area contributed by atoms with E-state index in [0.29, 0.717) is 0 Å². The molecule has 2 nitrogen and oxygen atoms in total. The van der Waals surface area contributed by atoms with Crippen molar-refractivity contribution in [2.24, 2.45) is 0 Å². The summed E-state index contributed by atoms with van der Waals surface area (Å²) in [6, 6.07) is 6.36. The zero-order valence-electron chi connectivity index (χ0n) is 15.9. The number of methoxy groups -OCH3 is 2. The van der Waals surface area contributed by atoms with Crippen LogP contribution in [0.1, 0.15) is 59.3 Å². The molecule has 0 unspecified atom stereocenters. The van der Waals surface area contributed by atoms with E-state index in [9.17, 15) is 0 Å². The van der Waals surface area contributed by atoms with Gasteiger partial charge in [0.15, 0.2) is 0 Å². The van der Waals surface area contributed by atoms with Crippen LogP contribution in [-0.2, 0) is 0 Å². The predicted octanol–water partition coefficient (Wildman–Crippen LogP) is 5.76. The van der Waals surface area contributed by atoms with Crippen molar-refractivity contribution in [2.45, 2.75) is 72.6 Å². The molecule has 0 saturated carbocycles. The molecule has 0 aliphatic rings. The molecule has 0 bridgehead atoms. The van der Waals surface area contributed by atoms with Crippen molar-refractivity contribution >= 4 is 22.0 Å². The molecule has 1 rings (SSSR count). The summed E-state index contributed by atoms with van der Waals surface area (Å²) in [6.45, 7) is 6.95. The number of unbranched alkanes of at least 4 members (excludes halogenated alkanes) is 3. The second kappa shape index (κ2) is 11.2. The number of ether oxygens (including phenoxy) is 2. The van der Waals surface area contributed by atoms with Gasteiger partial charge in [-0.2, -0.15) is 0 Å². The Hall–Kier alpha value is -0.381. The van der Waals surface area contributed by atoms with Crippen LogP contribution in [0.4, 0.5) is 0 Å². The van der Waals surface area contributed by atoms with Crippen LogP contribution in [0.2, 0.25) is 13.3 Å². The maximum atomic E-state index is 5.81. The molecular formula is C20H36O2Sn. The Labute approximate surface area is 147 Å². The zero-order chi connectivity index (χ0) is 17.1. The fourth-order valence-electron chi connectivity index (χ4n) is 3.67. The fraction of sp³-hybridized carbons (Fsp3) is 0.700. The normalized spacial score (nSPS) is 11.5. The molecule has 1 aromatic carbocycles. The van der Waals surface area contributed by atoms with Crippen molar-refractivity contribution in [3.63, 3.8) is 0 Å². The zero-order valence-corrected chi connectivity index (χ0v) is 18.8. The van der Waals surface area contributed by atoms with Crippen molar-refractivity contribution in [2.75, 3.05) is 14.2 Å². The molecule has 132 valence electrons. The summed E-state index contributed by atoms with van der Waals surface area (Å²) in [5.41, 5.74) is 0. The molecule has 0 amide bonds. The van der Waals surface area contributed by atoms with Crippen LogP contribution in [0, 0.1) is 0 Å². The van der Waals surface area contributed by atoms with Crippen LogP contribution in [0.5, 0.6) is 11.5 Å². The number of benzene rings is 1. The summed E-state index contributed by atoms with van der Waals surface area (Å²) in [6.07, 6.45) is 7.91. The van der Waals surface area contributed by atoms with Crippen LogP contribution < -0.4 is 13.1 Å². The first-order valence-electron chi connectivity index (χ1n) is 9.40. The van der Waals surface area contributed by atoms with Crippen LogP contribution >= 0.6 is 0 Å². The molecule has 0 radical (unpaired) electrons. The van der Waals surface area contributed by atoms with E-state index in [4.69, 9.17) is 9.47 Å². The van der Waals surface area contributed by atoms with E-state index in [2.05, 4.69) is 39.0 Å². The second-order valence-electron chi connectivity index (χ2n) is 6.63. The minimum absolute atomic E-state index is 1.09. The first kappa shape index (κ1) is 20.7. The molecule has 0 aliphatic heterocycles. The summed E-state index contributed by atoms with van der Waals surface area (Å²) in [7, 11) is 3.63. The molecule has 0 atom stereocenters. The predicted molar refractivity (Wildman–Crippen MR) is 104 cm³/mol. The Morgan fingerprint density at radius 1 is 0.739 bits per heavy atom. The van der Waals surface area contributed by atoms with Gasteiger partial charge in [-0.05, 0) is 0 Å². The molecule has 3 heteroatoms. The van der Waals surface area contributed by atoms with Gasteiger partial charge in [0.05, 0.1) is 0 Å². The average molecular weight is 427 g/mol. The van der Waals surface area contributed by atoms with Gasteiger partial charge in [0.1, 0.15) is 0 Å². The van der Waals surface area contributed by atoms with E-state index in [1.165, 1.54) is 55.4 Å². The fourth-order valence-corrected chi connectivity index (χ4v) is 20.8. The molecule has 0 fully saturated rings. The van der Waals surface area contributed by atoms with E-state index in [0.717, 1.165) is 11.5 Å². The van der Waals surface area contributed by atoms with E-state index in [1.54, 1.807) is 0 Å². The van der Waals surface area contributed by atoms with E-state index < -0.39 is 18.4 Å². The summed E-state index contributed by atoms with van der Waals surface area (Å²) < 4.78 is 17.4. The monoisotopic (exact) mass is 428 g/mol. The summed E-state index contributed by atoms with van der Waals surface area (Å²) in [5, 5.41) is 0.